The Morgan fingerprint density at radius 3 is 2.66 bits per heavy atom. The molecule has 1 aliphatic heterocycles. The highest BCUT2D eigenvalue weighted by Crippen LogP contribution is 2.37. The summed E-state index contributed by atoms with van der Waals surface area (Å²) < 4.78 is 5.62. The number of nitrogens with two attached hydrogens (primary N) is 1. The summed E-state index contributed by atoms with van der Waals surface area (Å²) in [5.74, 6) is 3.14. The largest absolute Gasteiger partial charge is 0.475 e. The van der Waals surface area contributed by atoms with E-state index in [2.05, 4.69) is 37.3 Å². The number of carbonyl (C=O) groups is 1. The van der Waals surface area contributed by atoms with Crippen LogP contribution in [0.1, 0.15) is 59.2 Å². The minimum atomic E-state index is -0.230. The minimum Gasteiger partial charge on any atom is -0.475 e. The van der Waals surface area contributed by atoms with Crippen LogP contribution in [0.3, 0.4) is 0 Å². The van der Waals surface area contributed by atoms with Gasteiger partial charge in [-0.25, -0.2) is 15.0 Å². The van der Waals surface area contributed by atoms with E-state index in [0.717, 1.165) is 36.6 Å². The lowest BCUT2D eigenvalue weighted by Crippen LogP contribution is -2.32. The van der Waals surface area contributed by atoms with Gasteiger partial charge in [-0.2, -0.15) is 5.10 Å². The van der Waals surface area contributed by atoms with Crippen LogP contribution < -0.4 is 15.4 Å². The zero-order chi connectivity index (χ0) is 22.1. The van der Waals surface area contributed by atoms with E-state index in [9.17, 15) is 4.79 Å². The molecule has 9 nitrogen and oxygen atoms in total. The second kappa shape index (κ2) is 8.57. The Balaban J connectivity index is 1.25. The number of benzene rings is 1. The Morgan fingerprint density at radius 2 is 1.94 bits per heavy atom. The van der Waals surface area contributed by atoms with Crippen molar-refractivity contribution in [2.45, 2.75) is 44.9 Å². The number of rotatable bonds is 4. The van der Waals surface area contributed by atoms with E-state index in [1.54, 1.807) is 4.90 Å². The van der Waals surface area contributed by atoms with Gasteiger partial charge in [-0.1, -0.05) is 12.1 Å². The second-order valence-corrected chi connectivity index (χ2v) is 8.59. The van der Waals surface area contributed by atoms with Crippen molar-refractivity contribution in [3.63, 3.8) is 0 Å². The van der Waals surface area contributed by atoms with E-state index >= 15 is 0 Å². The zero-order valence-corrected chi connectivity index (χ0v) is 18.1. The van der Waals surface area contributed by atoms with Crippen LogP contribution in [0.4, 0.5) is 11.5 Å². The normalized spacial score (nSPS) is 21.0. The van der Waals surface area contributed by atoms with Crippen molar-refractivity contribution in [2.24, 2.45) is 5.92 Å². The number of H-pyrrole nitrogens is 1. The SMILES string of the molecule is Cc1nc(CC2CCC(c3ccc(N4CCOc5ncnc(N)c5C4=O)cc3)CC2)n[nH]1. The van der Waals surface area contributed by atoms with Crippen LogP contribution in [0.15, 0.2) is 30.6 Å². The quantitative estimate of drug-likeness (QED) is 0.648. The Kier molecular flexibility index (Phi) is 5.46. The summed E-state index contributed by atoms with van der Waals surface area (Å²) >= 11 is 0. The number of anilines is 2. The summed E-state index contributed by atoms with van der Waals surface area (Å²) in [5.41, 5.74) is 8.31. The van der Waals surface area contributed by atoms with Crippen LogP contribution >= 0.6 is 0 Å². The van der Waals surface area contributed by atoms with Gasteiger partial charge in [0.05, 0.1) is 6.54 Å². The highest BCUT2D eigenvalue weighted by Gasteiger charge is 2.29. The molecule has 9 heteroatoms. The maximum absolute atomic E-state index is 13.1. The number of nitrogen functional groups attached to an aromatic ring is 1. The first-order valence-corrected chi connectivity index (χ1v) is 11.1. The molecule has 5 rings (SSSR count). The third kappa shape index (κ3) is 4.02. The number of amides is 1. The number of aryl methyl sites for hydroxylation is 1. The molecule has 1 aliphatic carbocycles. The van der Waals surface area contributed by atoms with Gasteiger partial charge in [0.1, 0.15) is 30.1 Å². The van der Waals surface area contributed by atoms with Crippen molar-refractivity contribution in [1.82, 2.24) is 25.1 Å². The lowest BCUT2D eigenvalue weighted by atomic mass is 9.77. The van der Waals surface area contributed by atoms with Gasteiger partial charge in [-0.3, -0.25) is 9.89 Å². The predicted molar refractivity (Wildman–Crippen MR) is 120 cm³/mol. The molecule has 3 N–H and O–H groups in total. The molecule has 1 fully saturated rings. The number of carbonyl (C=O) groups excluding carboxylic acids is 1. The zero-order valence-electron chi connectivity index (χ0n) is 18.1. The highest BCUT2D eigenvalue weighted by atomic mass is 16.5. The molecule has 0 atom stereocenters. The van der Waals surface area contributed by atoms with Crippen molar-refractivity contribution in [1.29, 1.82) is 0 Å². The summed E-state index contributed by atoms with van der Waals surface area (Å²) in [6.45, 7) is 2.72. The lowest BCUT2D eigenvalue weighted by Gasteiger charge is -2.28. The highest BCUT2D eigenvalue weighted by molar-refractivity contribution is 6.10. The van der Waals surface area contributed by atoms with Crippen LogP contribution in [0.2, 0.25) is 0 Å². The molecule has 1 aromatic carbocycles. The Morgan fingerprint density at radius 1 is 1.16 bits per heavy atom. The van der Waals surface area contributed by atoms with E-state index < -0.39 is 0 Å². The molecule has 3 heterocycles. The second-order valence-electron chi connectivity index (χ2n) is 8.59. The average Bonchev–Trinajstić information content (AvgIpc) is 3.13. The average molecular weight is 434 g/mol. The number of nitrogens with zero attached hydrogens (tertiary/aromatic N) is 5. The summed E-state index contributed by atoms with van der Waals surface area (Å²) in [6.07, 6.45) is 6.93. The van der Waals surface area contributed by atoms with E-state index in [0.29, 0.717) is 25.0 Å². The van der Waals surface area contributed by atoms with E-state index in [4.69, 9.17) is 10.5 Å². The van der Waals surface area contributed by atoms with Crippen LogP contribution in [-0.2, 0) is 6.42 Å². The van der Waals surface area contributed by atoms with Crippen LogP contribution in [-0.4, -0.2) is 44.2 Å². The standard InChI is InChI=1S/C23H27N7O2/c1-14-27-19(29-28-14)12-15-2-4-16(5-3-15)17-6-8-18(9-7-17)30-10-11-32-22-20(23(30)31)21(24)25-13-26-22/h6-9,13,15-16H,2-5,10-12H2,1H3,(H2,24,25,26)(H,27,28,29). The number of aromatic nitrogens is 5. The number of nitrogens with one attached hydrogen (secondary N) is 1. The molecule has 0 spiro atoms. The maximum Gasteiger partial charge on any atom is 0.267 e. The summed E-state index contributed by atoms with van der Waals surface area (Å²) in [6, 6.07) is 8.31. The Hall–Kier alpha value is -3.49. The fourth-order valence-electron chi connectivity index (χ4n) is 4.77. The summed E-state index contributed by atoms with van der Waals surface area (Å²) in [5, 5.41) is 7.21. The molecule has 0 saturated heterocycles. The van der Waals surface area contributed by atoms with E-state index in [1.165, 1.54) is 24.7 Å². The van der Waals surface area contributed by atoms with Crippen molar-refractivity contribution in [3.05, 3.63) is 53.4 Å². The third-order valence-electron chi connectivity index (χ3n) is 6.49. The summed E-state index contributed by atoms with van der Waals surface area (Å²) in [7, 11) is 0. The Bertz CT molecular complexity index is 1100. The lowest BCUT2D eigenvalue weighted by molar-refractivity contribution is 0.0990. The van der Waals surface area contributed by atoms with Crippen LogP contribution in [0, 0.1) is 12.8 Å². The maximum atomic E-state index is 13.1. The minimum absolute atomic E-state index is 0.139. The topological polar surface area (TPSA) is 123 Å². The van der Waals surface area contributed by atoms with Crippen molar-refractivity contribution in [3.8, 4) is 5.88 Å². The van der Waals surface area contributed by atoms with E-state index in [-0.39, 0.29) is 23.2 Å². The summed E-state index contributed by atoms with van der Waals surface area (Å²) in [4.78, 5) is 27.2. The molecular formula is C23H27N7O2. The number of hydrogen-bond donors (Lipinski definition) is 2. The van der Waals surface area contributed by atoms with E-state index in [1.807, 2.05) is 19.1 Å². The first-order valence-electron chi connectivity index (χ1n) is 11.1. The van der Waals surface area contributed by atoms with Gasteiger partial charge in [0.15, 0.2) is 5.82 Å². The number of fused-ring (bicyclic) bond motifs is 1. The molecule has 3 aromatic rings. The molecule has 32 heavy (non-hydrogen) atoms. The van der Waals surface area contributed by atoms with Gasteiger partial charge in [-0.15, -0.1) is 0 Å². The van der Waals surface area contributed by atoms with Crippen molar-refractivity contribution < 1.29 is 9.53 Å². The van der Waals surface area contributed by atoms with Gasteiger partial charge in [-0.05, 0) is 62.1 Å². The third-order valence-corrected chi connectivity index (χ3v) is 6.49. The monoisotopic (exact) mass is 433 g/mol. The molecule has 166 valence electrons. The van der Waals surface area contributed by atoms with Crippen LogP contribution in [0.5, 0.6) is 5.88 Å². The van der Waals surface area contributed by atoms with Gasteiger partial charge >= 0.3 is 0 Å². The predicted octanol–water partition coefficient (Wildman–Crippen LogP) is 3.04. The number of hydrogen-bond acceptors (Lipinski definition) is 7. The van der Waals surface area contributed by atoms with Crippen molar-refractivity contribution in [2.75, 3.05) is 23.8 Å². The molecular weight excluding hydrogens is 406 g/mol. The number of ether oxygens (including phenoxy) is 1. The van der Waals surface area contributed by atoms with Gasteiger partial charge in [0, 0.05) is 12.1 Å². The molecule has 0 unspecified atom stereocenters. The fraction of sp³-hybridized carbons (Fsp3) is 0.435. The molecule has 0 radical (unpaired) electrons. The molecule has 1 amide bonds. The van der Waals surface area contributed by atoms with Gasteiger partial charge in [0.2, 0.25) is 5.88 Å². The first-order chi connectivity index (χ1) is 15.6. The molecule has 2 aliphatic rings. The molecule has 0 bridgehead atoms. The van der Waals surface area contributed by atoms with Gasteiger partial charge < -0.3 is 15.4 Å². The van der Waals surface area contributed by atoms with Gasteiger partial charge in [0.25, 0.3) is 5.91 Å². The fourth-order valence-corrected chi connectivity index (χ4v) is 4.77. The molecule has 1 saturated carbocycles. The molecule has 2 aromatic heterocycles. The Labute approximate surface area is 186 Å². The van der Waals surface area contributed by atoms with Crippen LogP contribution in [0.25, 0.3) is 0 Å². The first kappa shape index (κ1) is 20.4. The van der Waals surface area contributed by atoms with Crippen molar-refractivity contribution >= 4 is 17.4 Å². The number of aromatic amines is 1. The smallest absolute Gasteiger partial charge is 0.267 e.